The zero-order valence-electron chi connectivity index (χ0n) is 23.8. The predicted molar refractivity (Wildman–Crippen MR) is 164 cm³/mol. The van der Waals surface area contributed by atoms with Crippen LogP contribution in [0.15, 0.2) is 108 Å². The van der Waals surface area contributed by atoms with E-state index in [9.17, 15) is 0 Å². The van der Waals surface area contributed by atoms with Gasteiger partial charge in [0.15, 0.2) is 0 Å². The molecule has 1 heterocycles. The lowest BCUT2D eigenvalue weighted by Gasteiger charge is -2.43. The van der Waals surface area contributed by atoms with Gasteiger partial charge in [0.05, 0.1) is 18.1 Å². The van der Waals surface area contributed by atoms with Crippen molar-refractivity contribution in [3.8, 4) is 0 Å². The van der Waals surface area contributed by atoms with Gasteiger partial charge in [0.1, 0.15) is 0 Å². The zero-order chi connectivity index (χ0) is 26.2. The minimum Gasteiger partial charge on any atom is -0.362 e. The van der Waals surface area contributed by atoms with Gasteiger partial charge in [0.25, 0.3) is 0 Å². The summed E-state index contributed by atoms with van der Waals surface area (Å²) in [6.07, 6.45) is 47.9. The third kappa shape index (κ3) is 4.90. The molecule has 0 aromatic rings. The van der Waals surface area contributed by atoms with E-state index < -0.39 is 0 Å². The molecular formula is C37H46N2. The van der Waals surface area contributed by atoms with E-state index in [1.807, 2.05) is 0 Å². The monoisotopic (exact) mass is 518 g/mol. The second-order valence-electron chi connectivity index (χ2n) is 13.0. The molecule has 7 rings (SSSR count). The van der Waals surface area contributed by atoms with Crippen LogP contribution in [-0.2, 0) is 0 Å². The summed E-state index contributed by atoms with van der Waals surface area (Å²) in [5, 5.41) is 0. The van der Waals surface area contributed by atoms with Crippen LogP contribution in [0.5, 0.6) is 0 Å². The van der Waals surface area contributed by atoms with Gasteiger partial charge >= 0.3 is 0 Å². The molecular weight excluding hydrogens is 472 g/mol. The van der Waals surface area contributed by atoms with Crippen molar-refractivity contribution in [3.63, 3.8) is 0 Å². The van der Waals surface area contributed by atoms with Crippen LogP contribution < -0.4 is 0 Å². The fourth-order valence-corrected chi connectivity index (χ4v) is 8.45. The van der Waals surface area contributed by atoms with Crippen LogP contribution in [0.2, 0.25) is 0 Å². The Bertz CT molecular complexity index is 1220. The van der Waals surface area contributed by atoms with Gasteiger partial charge in [0, 0.05) is 29.3 Å². The van der Waals surface area contributed by atoms with E-state index in [-0.39, 0.29) is 0 Å². The Kier molecular flexibility index (Phi) is 7.14. The van der Waals surface area contributed by atoms with Gasteiger partial charge in [-0.15, -0.1) is 0 Å². The van der Waals surface area contributed by atoms with Crippen molar-refractivity contribution < 1.29 is 0 Å². The maximum atomic E-state index is 2.81. The molecule has 1 aliphatic heterocycles. The van der Waals surface area contributed by atoms with Gasteiger partial charge in [0.2, 0.25) is 0 Å². The van der Waals surface area contributed by atoms with Crippen LogP contribution in [0.4, 0.5) is 0 Å². The summed E-state index contributed by atoms with van der Waals surface area (Å²) >= 11 is 0. The third-order valence-electron chi connectivity index (χ3n) is 10.5. The number of hydrogen-bond donors (Lipinski definition) is 0. The summed E-state index contributed by atoms with van der Waals surface area (Å²) < 4.78 is 0. The molecule has 0 bridgehead atoms. The lowest BCUT2D eigenvalue weighted by molar-refractivity contribution is 0.212. The van der Waals surface area contributed by atoms with Crippen LogP contribution >= 0.6 is 0 Å². The lowest BCUT2D eigenvalue weighted by Crippen LogP contribution is -2.42. The second kappa shape index (κ2) is 11.0. The smallest absolute Gasteiger partial charge is 0.0580 e. The maximum Gasteiger partial charge on any atom is 0.0580 e. The van der Waals surface area contributed by atoms with E-state index in [1.165, 1.54) is 57.8 Å². The van der Waals surface area contributed by atoms with Crippen molar-refractivity contribution in [2.24, 2.45) is 17.8 Å². The molecule has 204 valence electrons. The molecule has 2 heteroatoms. The summed E-state index contributed by atoms with van der Waals surface area (Å²) in [6.45, 7) is 2.44. The highest BCUT2D eigenvalue weighted by Gasteiger charge is 2.42. The SMILES string of the molecule is CC1CCC2=C(C1)N(C1C=CC(C3C=CC(N(C4=CCCCC4)C4C=CC=CC4)CC3)=CC1)C1C=CC=CC21. The summed E-state index contributed by atoms with van der Waals surface area (Å²) in [5.74, 6) is 1.98. The van der Waals surface area contributed by atoms with E-state index in [0.717, 1.165) is 18.8 Å². The zero-order valence-corrected chi connectivity index (χ0v) is 23.8. The average molecular weight is 519 g/mol. The Balaban J connectivity index is 1.05. The van der Waals surface area contributed by atoms with Gasteiger partial charge in [-0.05, 0) is 87.7 Å². The van der Waals surface area contributed by atoms with E-state index >= 15 is 0 Å². The molecule has 7 unspecified atom stereocenters. The van der Waals surface area contributed by atoms with Crippen molar-refractivity contribution in [1.29, 1.82) is 0 Å². The summed E-state index contributed by atoms with van der Waals surface area (Å²) in [4.78, 5) is 5.59. The number of rotatable bonds is 5. The third-order valence-corrected chi connectivity index (χ3v) is 10.5. The molecule has 0 spiro atoms. The van der Waals surface area contributed by atoms with E-state index in [2.05, 4.69) is 102 Å². The quantitative estimate of drug-likeness (QED) is 0.336. The van der Waals surface area contributed by atoms with E-state index in [4.69, 9.17) is 0 Å². The molecule has 0 amide bonds. The van der Waals surface area contributed by atoms with Crippen molar-refractivity contribution in [2.75, 3.05) is 0 Å². The van der Waals surface area contributed by atoms with Crippen molar-refractivity contribution in [1.82, 2.24) is 9.80 Å². The lowest BCUT2D eigenvalue weighted by atomic mass is 9.82. The summed E-state index contributed by atoms with van der Waals surface area (Å²) in [7, 11) is 0. The molecule has 39 heavy (non-hydrogen) atoms. The number of hydrogen-bond acceptors (Lipinski definition) is 2. The molecule has 6 aliphatic carbocycles. The molecule has 0 saturated carbocycles. The summed E-state index contributed by atoms with van der Waals surface area (Å²) in [5.41, 5.74) is 6.56. The standard InChI is InChI=1S/C37H46N2/c1-27-16-25-35-34-14-8-9-15-36(34)39(37(35)26-27)33-23-19-29(20-24-33)28-17-21-32(22-18-28)38(30-10-4-2-5-11-30)31-12-6-3-7-13-31/h2,4-5,8-10,12,14-15,17,19-21,23,27-28,30,32-34,36H,3,6-7,11,13,16,18,22,24-26H2,1H3. The van der Waals surface area contributed by atoms with Crippen molar-refractivity contribution in [3.05, 3.63) is 108 Å². The Hall–Kier alpha value is -2.74. The minimum absolute atomic E-state index is 0.496. The van der Waals surface area contributed by atoms with Gasteiger partial charge in [-0.25, -0.2) is 0 Å². The van der Waals surface area contributed by atoms with Gasteiger partial charge in [-0.2, -0.15) is 0 Å². The fourth-order valence-electron chi connectivity index (χ4n) is 8.45. The topological polar surface area (TPSA) is 6.48 Å². The highest BCUT2D eigenvalue weighted by atomic mass is 15.2. The Morgan fingerprint density at radius 3 is 2.49 bits per heavy atom. The van der Waals surface area contributed by atoms with Crippen LogP contribution in [0.25, 0.3) is 0 Å². The van der Waals surface area contributed by atoms with Gasteiger partial charge < -0.3 is 9.80 Å². The van der Waals surface area contributed by atoms with Crippen LogP contribution in [-0.4, -0.2) is 34.0 Å². The first-order valence-corrected chi connectivity index (χ1v) is 16.0. The molecule has 0 fully saturated rings. The van der Waals surface area contributed by atoms with Gasteiger partial charge in [-0.1, -0.05) is 92.0 Å². The molecule has 0 aromatic carbocycles. The van der Waals surface area contributed by atoms with Crippen molar-refractivity contribution in [2.45, 2.75) is 102 Å². The normalized spacial score (nSPS) is 37.1. The molecule has 0 N–H and O–H groups in total. The Morgan fingerprint density at radius 1 is 0.795 bits per heavy atom. The van der Waals surface area contributed by atoms with Crippen LogP contribution in [0.1, 0.15) is 77.6 Å². The van der Waals surface area contributed by atoms with Crippen LogP contribution in [0.3, 0.4) is 0 Å². The number of allylic oxidation sites excluding steroid dienone is 10. The molecule has 0 aromatic heterocycles. The van der Waals surface area contributed by atoms with Gasteiger partial charge in [-0.3, -0.25) is 0 Å². The first kappa shape index (κ1) is 25.2. The van der Waals surface area contributed by atoms with E-state index in [0.29, 0.717) is 36.0 Å². The summed E-state index contributed by atoms with van der Waals surface area (Å²) in [6, 6.07) is 2.05. The molecule has 7 aliphatic rings. The molecule has 0 saturated heterocycles. The van der Waals surface area contributed by atoms with E-state index in [1.54, 1.807) is 22.5 Å². The predicted octanol–water partition coefficient (Wildman–Crippen LogP) is 8.72. The highest BCUT2D eigenvalue weighted by molar-refractivity contribution is 5.41. The second-order valence-corrected chi connectivity index (χ2v) is 13.0. The largest absolute Gasteiger partial charge is 0.362 e. The van der Waals surface area contributed by atoms with Crippen molar-refractivity contribution >= 4 is 0 Å². The first-order valence-electron chi connectivity index (χ1n) is 16.0. The minimum atomic E-state index is 0.496. The highest BCUT2D eigenvalue weighted by Crippen LogP contribution is 2.48. The molecule has 2 nitrogen and oxygen atoms in total. The molecule has 0 radical (unpaired) electrons. The molecule has 7 atom stereocenters. The Labute approximate surface area is 236 Å². The number of fused-ring (bicyclic) bond motifs is 2. The van der Waals surface area contributed by atoms with Crippen LogP contribution in [0, 0.1) is 17.8 Å². The number of nitrogens with zero attached hydrogens (tertiary/aromatic N) is 2. The first-order chi connectivity index (χ1) is 19.3. The maximum absolute atomic E-state index is 2.81. The fraction of sp³-hybridized carbons (Fsp3) is 0.514. The average Bonchev–Trinajstić information content (AvgIpc) is 3.32. The Morgan fingerprint density at radius 2 is 1.72 bits per heavy atom.